The molecule has 1 rings (SSSR count). The summed E-state index contributed by atoms with van der Waals surface area (Å²) in [7, 11) is 1.62. The Morgan fingerprint density at radius 1 is 1.16 bits per heavy atom. The molecule has 0 amide bonds. The second-order valence-corrected chi connectivity index (χ2v) is 8.38. The van der Waals surface area contributed by atoms with Gasteiger partial charge in [-0.3, -0.25) is 0 Å². The van der Waals surface area contributed by atoms with Gasteiger partial charge in [-0.1, -0.05) is 39.0 Å². The first-order valence-electron chi connectivity index (χ1n) is 8.93. The maximum atomic E-state index is 10.2. The van der Waals surface area contributed by atoms with E-state index in [9.17, 15) is 5.11 Å². The Kier molecular flexibility index (Phi) is 7.97. The topological polar surface area (TPSA) is 50.7 Å². The summed E-state index contributed by atoms with van der Waals surface area (Å²) in [5.41, 5.74) is 1.25. The molecular weight excluding hydrogens is 314 g/mol. The van der Waals surface area contributed by atoms with Gasteiger partial charge in [0.1, 0.15) is 12.7 Å². The van der Waals surface area contributed by atoms with Crippen LogP contribution in [0.25, 0.3) is 6.08 Å². The zero-order valence-electron chi connectivity index (χ0n) is 16.8. The minimum absolute atomic E-state index is 0.0367. The van der Waals surface area contributed by atoms with Crippen LogP contribution in [0, 0.1) is 5.41 Å². The molecule has 1 aromatic carbocycles. The smallest absolute Gasteiger partial charge is 0.161 e. The van der Waals surface area contributed by atoms with E-state index < -0.39 is 6.10 Å². The molecule has 0 aliphatic rings. The standard InChI is InChI=1S/C21H35NO3/c1-8-9-16-10-11-18(19(12-16)24-7)25-14-17(23)13-22-21(5,6)15-20(2,3)4/h8-12,17,22-23H,13-15H2,1-7H3. The van der Waals surface area contributed by atoms with Crippen LogP contribution in [0.1, 0.15) is 53.5 Å². The van der Waals surface area contributed by atoms with Crippen molar-refractivity contribution in [3.05, 3.63) is 29.8 Å². The Balaban J connectivity index is 2.55. The average molecular weight is 350 g/mol. The van der Waals surface area contributed by atoms with E-state index in [0.29, 0.717) is 18.0 Å². The predicted octanol–water partition coefficient (Wildman–Crippen LogP) is 4.27. The molecule has 1 unspecified atom stereocenters. The number of rotatable bonds is 9. The molecule has 0 saturated carbocycles. The summed E-state index contributed by atoms with van der Waals surface area (Å²) >= 11 is 0. The van der Waals surface area contributed by atoms with Crippen molar-refractivity contribution in [1.82, 2.24) is 5.32 Å². The molecule has 0 aromatic heterocycles. The monoisotopic (exact) mass is 349 g/mol. The molecule has 0 saturated heterocycles. The van der Waals surface area contributed by atoms with Crippen molar-refractivity contribution >= 4 is 6.08 Å². The van der Waals surface area contributed by atoms with E-state index in [1.54, 1.807) is 7.11 Å². The average Bonchev–Trinajstić information content (AvgIpc) is 2.49. The van der Waals surface area contributed by atoms with E-state index in [1.807, 2.05) is 37.3 Å². The molecular formula is C21H35NO3. The number of nitrogens with one attached hydrogen (secondary N) is 1. The SMILES string of the molecule is CC=Cc1ccc(OCC(O)CNC(C)(C)CC(C)(C)C)c(OC)c1. The van der Waals surface area contributed by atoms with Crippen LogP contribution in [-0.2, 0) is 0 Å². The van der Waals surface area contributed by atoms with Gasteiger partial charge in [0.05, 0.1) is 7.11 Å². The zero-order chi connectivity index (χ0) is 19.1. The van der Waals surface area contributed by atoms with Gasteiger partial charge in [-0.15, -0.1) is 0 Å². The zero-order valence-corrected chi connectivity index (χ0v) is 16.8. The van der Waals surface area contributed by atoms with Gasteiger partial charge in [0, 0.05) is 12.1 Å². The molecule has 25 heavy (non-hydrogen) atoms. The van der Waals surface area contributed by atoms with Crippen molar-refractivity contribution in [2.24, 2.45) is 5.41 Å². The van der Waals surface area contributed by atoms with Crippen molar-refractivity contribution in [2.75, 3.05) is 20.3 Å². The molecule has 1 atom stereocenters. The molecule has 2 N–H and O–H groups in total. The van der Waals surface area contributed by atoms with Gasteiger partial charge in [-0.2, -0.15) is 0 Å². The number of benzene rings is 1. The lowest BCUT2D eigenvalue weighted by Gasteiger charge is -2.34. The molecule has 4 heteroatoms. The Hall–Kier alpha value is -1.52. The third kappa shape index (κ3) is 8.41. The van der Waals surface area contributed by atoms with Gasteiger partial charge in [-0.05, 0) is 50.3 Å². The van der Waals surface area contributed by atoms with Crippen molar-refractivity contribution in [1.29, 1.82) is 0 Å². The molecule has 0 heterocycles. The van der Waals surface area contributed by atoms with Gasteiger partial charge in [0.15, 0.2) is 11.5 Å². The van der Waals surface area contributed by atoms with Crippen molar-refractivity contribution < 1.29 is 14.6 Å². The van der Waals surface area contributed by atoms with Crippen LogP contribution < -0.4 is 14.8 Å². The number of allylic oxidation sites excluding steroid dienone is 1. The molecule has 0 bridgehead atoms. The van der Waals surface area contributed by atoms with Crippen LogP contribution in [0.4, 0.5) is 0 Å². The van der Waals surface area contributed by atoms with E-state index in [1.165, 1.54) is 0 Å². The summed E-state index contributed by atoms with van der Waals surface area (Å²) in [5, 5.41) is 13.7. The van der Waals surface area contributed by atoms with Gasteiger partial charge < -0.3 is 19.9 Å². The molecule has 4 nitrogen and oxygen atoms in total. The van der Waals surface area contributed by atoms with Crippen LogP contribution in [0.5, 0.6) is 11.5 Å². The van der Waals surface area contributed by atoms with Gasteiger partial charge >= 0.3 is 0 Å². The summed E-state index contributed by atoms with van der Waals surface area (Å²) < 4.78 is 11.1. The van der Waals surface area contributed by atoms with Gasteiger partial charge in [-0.25, -0.2) is 0 Å². The Labute approximate surface area is 153 Å². The highest BCUT2D eigenvalue weighted by Crippen LogP contribution is 2.29. The first-order chi connectivity index (χ1) is 11.6. The Morgan fingerprint density at radius 3 is 2.40 bits per heavy atom. The highest BCUT2D eigenvalue weighted by molar-refractivity contribution is 5.55. The third-order valence-electron chi connectivity index (χ3n) is 3.77. The fourth-order valence-corrected chi connectivity index (χ4v) is 3.13. The lowest BCUT2D eigenvalue weighted by Crippen LogP contribution is -2.46. The summed E-state index contributed by atoms with van der Waals surface area (Å²) in [4.78, 5) is 0. The number of ether oxygens (including phenoxy) is 2. The maximum Gasteiger partial charge on any atom is 0.161 e. The number of hydrogen-bond acceptors (Lipinski definition) is 4. The molecule has 0 radical (unpaired) electrons. The summed E-state index contributed by atoms with van der Waals surface area (Å²) in [6, 6.07) is 5.76. The second kappa shape index (κ2) is 9.25. The minimum atomic E-state index is -0.584. The van der Waals surface area contributed by atoms with Crippen LogP contribution in [0.15, 0.2) is 24.3 Å². The molecule has 142 valence electrons. The van der Waals surface area contributed by atoms with Crippen molar-refractivity contribution in [3.63, 3.8) is 0 Å². The first kappa shape index (κ1) is 21.5. The lowest BCUT2D eigenvalue weighted by atomic mass is 9.82. The number of methoxy groups -OCH3 is 1. The largest absolute Gasteiger partial charge is 0.493 e. The Morgan fingerprint density at radius 2 is 1.84 bits per heavy atom. The first-order valence-corrected chi connectivity index (χ1v) is 8.93. The molecule has 0 fully saturated rings. The van der Waals surface area contributed by atoms with Crippen LogP contribution >= 0.6 is 0 Å². The summed E-state index contributed by atoms with van der Waals surface area (Å²) in [6.45, 7) is 13.7. The van der Waals surface area contributed by atoms with Crippen LogP contribution in [-0.4, -0.2) is 37.0 Å². The maximum absolute atomic E-state index is 10.2. The van der Waals surface area contributed by atoms with E-state index in [0.717, 1.165) is 12.0 Å². The fourth-order valence-electron chi connectivity index (χ4n) is 3.13. The van der Waals surface area contributed by atoms with Gasteiger partial charge in [0.2, 0.25) is 0 Å². The highest BCUT2D eigenvalue weighted by Gasteiger charge is 2.25. The molecule has 1 aromatic rings. The number of aliphatic hydroxyl groups excluding tert-OH is 1. The third-order valence-corrected chi connectivity index (χ3v) is 3.77. The molecule has 0 spiro atoms. The summed E-state index contributed by atoms with van der Waals surface area (Å²) in [6.07, 6.45) is 4.42. The quantitative estimate of drug-likeness (QED) is 0.699. The fraction of sp³-hybridized carbons (Fsp3) is 0.619. The minimum Gasteiger partial charge on any atom is -0.493 e. The molecule has 0 aliphatic heterocycles. The van der Waals surface area contributed by atoms with Gasteiger partial charge in [0.25, 0.3) is 0 Å². The van der Waals surface area contributed by atoms with E-state index in [-0.39, 0.29) is 17.6 Å². The van der Waals surface area contributed by atoms with E-state index in [2.05, 4.69) is 39.9 Å². The molecule has 0 aliphatic carbocycles. The Bertz CT molecular complexity index is 559. The van der Waals surface area contributed by atoms with E-state index >= 15 is 0 Å². The second-order valence-electron chi connectivity index (χ2n) is 8.38. The number of aliphatic hydroxyl groups is 1. The lowest BCUT2D eigenvalue weighted by molar-refractivity contribution is 0.0930. The number of hydrogen-bond donors (Lipinski definition) is 2. The van der Waals surface area contributed by atoms with Crippen molar-refractivity contribution in [3.8, 4) is 11.5 Å². The highest BCUT2D eigenvalue weighted by atomic mass is 16.5. The summed E-state index contributed by atoms with van der Waals surface area (Å²) in [5.74, 6) is 1.31. The van der Waals surface area contributed by atoms with Crippen LogP contribution in [0.2, 0.25) is 0 Å². The number of β-amino-alcohol motifs (C(OH)–C–C–N with tert-alkyl or cyclic N) is 1. The van der Waals surface area contributed by atoms with Crippen LogP contribution in [0.3, 0.4) is 0 Å². The van der Waals surface area contributed by atoms with E-state index in [4.69, 9.17) is 9.47 Å². The normalized spacial score (nSPS) is 13.9. The van der Waals surface area contributed by atoms with Crippen molar-refractivity contribution in [2.45, 2.75) is 59.6 Å². The predicted molar refractivity (Wildman–Crippen MR) is 105 cm³/mol.